The SMILES string of the molecule is CC1=CC(O/C=C2/C(=O)O[C@@H]3c4cc(N)ccc4C[C@H]23)OC1=O. The summed E-state index contributed by atoms with van der Waals surface area (Å²) in [5.41, 5.74) is 9.48. The van der Waals surface area contributed by atoms with Crippen LogP contribution in [0.5, 0.6) is 0 Å². The first-order valence-electron chi connectivity index (χ1n) is 7.37. The minimum Gasteiger partial charge on any atom is -0.458 e. The normalized spacial score (nSPS) is 29.9. The molecule has 6 nitrogen and oxygen atoms in total. The quantitative estimate of drug-likeness (QED) is 0.387. The van der Waals surface area contributed by atoms with E-state index >= 15 is 0 Å². The number of nitrogen functional groups attached to an aromatic ring is 1. The van der Waals surface area contributed by atoms with Crippen LogP contribution in [0.15, 0.2) is 41.7 Å². The van der Waals surface area contributed by atoms with Gasteiger partial charge >= 0.3 is 11.9 Å². The molecule has 6 heteroatoms. The summed E-state index contributed by atoms with van der Waals surface area (Å²) >= 11 is 0. The molecular formula is C17H15NO5. The molecule has 3 atom stereocenters. The highest BCUT2D eigenvalue weighted by Crippen LogP contribution is 2.48. The van der Waals surface area contributed by atoms with Gasteiger partial charge in [-0.25, -0.2) is 9.59 Å². The van der Waals surface area contributed by atoms with Gasteiger partial charge in [0, 0.05) is 23.3 Å². The highest BCUT2D eigenvalue weighted by molar-refractivity contribution is 5.92. The van der Waals surface area contributed by atoms with E-state index in [4.69, 9.17) is 19.9 Å². The molecule has 2 N–H and O–H groups in total. The number of anilines is 1. The molecule has 1 saturated heterocycles. The van der Waals surface area contributed by atoms with Gasteiger partial charge in [-0.1, -0.05) is 6.07 Å². The largest absolute Gasteiger partial charge is 0.458 e. The van der Waals surface area contributed by atoms with Crippen molar-refractivity contribution in [2.45, 2.75) is 25.7 Å². The molecule has 0 amide bonds. The summed E-state index contributed by atoms with van der Waals surface area (Å²) in [6, 6.07) is 5.65. The fourth-order valence-electron chi connectivity index (χ4n) is 3.23. The summed E-state index contributed by atoms with van der Waals surface area (Å²) in [5.74, 6) is -0.913. The van der Waals surface area contributed by atoms with Crippen LogP contribution >= 0.6 is 0 Å². The summed E-state index contributed by atoms with van der Waals surface area (Å²) in [5, 5.41) is 0. The molecule has 1 aliphatic carbocycles. The van der Waals surface area contributed by atoms with Gasteiger partial charge in [0.05, 0.1) is 11.8 Å². The molecule has 23 heavy (non-hydrogen) atoms. The molecular weight excluding hydrogens is 298 g/mol. The summed E-state index contributed by atoms with van der Waals surface area (Å²) in [6.45, 7) is 1.65. The highest BCUT2D eigenvalue weighted by Gasteiger charge is 2.46. The van der Waals surface area contributed by atoms with Gasteiger partial charge in [0.1, 0.15) is 6.10 Å². The topological polar surface area (TPSA) is 87.8 Å². The number of ether oxygens (including phenoxy) is 3. The lowest BCUT2D eigenvalue weighted by Crippen LogP contribution is -2.11. The molecule has 0 spiro atoms. The van der Waals surface area contributed by atoms with E-state index < -0.39 is 18.2 Å². The maximum absolute atomic E-state index is 12.1. The Balaban J connectivity index is 1.56. The number of rotatable bonds is 2. The minimum atomic E-state index is -0.790. The average Bonchev–Trinajstić information content (AvgIpc) is 3.10. The minimum absolute atomic E-state index is 0.0959. The molecule has 2 heterocycles. The third-order valence-corrected chi connectivity index (χ3v) is 4.41. The van der Waals surface area contributed by atoms with Crippen molar-refractivity contribution in [3.05, 3.63) is 52.8 Å². The van der Waals surface area contributed by atoms with Gasteiger partial charge in [-0.3, -0.25) is 0 Å². The van der Waals surface area contributed by atoms with Crippen molar-refractivity contribution in [3.63, 3.8) is 0 Å². The number of esters is 2. The Labute approximate surface area is 132 Å². The second-order valence-corrected chi connectivity index (χ2v) is 5.93. The van der Waals surface area contributed by atoms with E-state index in [1.165, 1.54) is 6.26 Å². The van der Waals surface area contributed by atoms with Gasteiger partial charge < -0.3 is 19.9 Å². The molecule has 2 aliphatic heterocycles. The first-order valence-corrected chi connectivity index (χ1v) is 7.37. The Morgan fingerprint density at radius 2 is 2.09 bits per heavy atom. The smallest absolute Gasteiger partial charge is 0.338 e. The fraction of sp³-hybridized carbons (Fsp3) is 0.294. The fourth-order valence-corrected chi connectivity index (χ4v) is 3.23. The molecule has 1 unspecified atom stereocenters. The highest BCUT2D eigenvalue weighted by atomic mass is 16.7. The molecule has 1 fully saturated rings. The molecule has 0 aromatic heterocycles. The Morgan fingerprint density at radius 1 is 1.26 bits per heavy atom. The first-order chi connectivity index (χ1) is 11.0. The zero-order valence-corrected chi connectivity index (χ0v) is 12.4. The summed E-state index contributed by atoms with van der Waals surface area (Å²) in [6.07, 6.45) is 2.51. The molecule has 118 valence electrons. The van der Waals surface area contributed by atoms with E-state index in [0.29, 0.717) is 23.3 Å². The second-order valence-electron chi connectivity index (χ2n) is 5.93. The first kappa shape index (κ1) is 13.9. The third kappa shape index (κ3) is 2.18. The number of benzene rings is 1. The van der Waals surface area contributed by atoms with E-state index in [-0.39, 0.29) is 12.0 Å². The second kappa shape index (κ2) is 4.87. The van der Waals surface area contributed by atoms with E-state index in [2.05, 4.69) is 0 Å². The molecule has 0 saturated carbocycles. The van der Waals surface area contributed by atoms with Gasteiger partial charge in [0.2, 0.25) is 0 Å². The summed E-state index contributed by atoms with van der Waals surface area (Å²) < 4.78 is 15.9. The van der Waals surface area contributed by atoms with E-state index in [1.54, 1.807) is 13.0 Å². The lowest BCUT2D eigenvalue weighted by Gasteiger charge is -2.09. The van der Waals surface area contributed by atoms with E-state index in [0.717, 1.165) is 11.1 Å². The van der Waals surface area contributed by atoms with Crippen LogP contribution in [0.2, 0.25) is 0 Å². The van der Waals surface area contributed by atoms with Crippen LogP contribution in [0.3, 0.4) is 0 Å². The lowest BCUT2D eigenvalue weighted by molar-refractivity contribution is -0.152. The Kier molecular flexibility index (Phi) is 2.94. The number of carbonyl (C=O) groups excluding carboxylic acids is 2. The predicted octanol–water partition coefficient (Wildman–Crippen LogP) is 1.77. The monoisotopic (exact) mass is 313 g/mol. The standard InChI is InChI=1S/C17H15NO5/c1-8-4-14(22-16(8)19)21-7-13-12-5-9-2-3-10(18)6-11(9)15(12)23-17(13)20/h2-4,6-7,12,14-15H,5,18H2,1H3/b13-7+/t12-,14?,15-/m1/s1. The number of hydrogen-bond acceptors (Lipinski definition) is 6. The van der Waals surface area contributed by atoms with Gasteiger partial charge in [0.15, 0.2) is 0 Å². The number of cyclic esters (lactones) is 1. The van der Waals surface area contributed by atoms with Crippen LogP contribution in [-0.4, -0.2) is 18.2 Å². The Morgan fingerprint density at radius 3 is 2.83 bits per heavy atom. The van der Waals surface area contributed by atoms with Crippen LogP contribution in [-0.2, 0) is 30.2 Å². The van der Waals surface area contributed by atoms with Crippen molar-refractivity contribution >= 4 is 17.6 Å². The van der Waals surface area contributed by atoms with Gasteiger partial charge in [-0.05, 0) is 36.6 Å². The van der Waals surface area contributed by atoms with E-state index in [9.17, 15) is 9.59 Å². The molecule has 4 rings (SSSR count). The van der Waals surface area contributed by atoms with Crippen molar-refractivity contribution in [2.75, 3.05) is 5.73 Å². The van der Waals surface area contributed by atoms with Gasteiger partial charge in [-0.15, -0.1) is 0 Å². The zero-order chi connectivity index (χ0) is 16.1. The molecule has 1 aromatic carbocycles. The number of fused-ring (bicyclic) bond motifs is 3. The summed E-state index contributed by atoms with van der Waals surface area (Å²) in [4.78, 5) is 23.4. The predicted molar refractivity (Wildman–Crippen MR) is 79.7 cm³/mol. The van der Waals surface area contributed by atoms with Gasteiger partial charge in [0.25, 0.3) is 6.29 Å². The lowest BCUT2D eigenvalue weighted by atomic mass is 9.98. The van der Waals surface area contributed by atoms with Crippen molar-refractivity contribution in [1.29, 1.82) is 0 Å². The van der Waals surface area contributed by atoms with Crippen molar-refractivity contribution in [2.24, 2.45) is 5.92 Å². The Bertz CT molecular complexity index is 779. The van der Waals surface area contributed by atoms with Crippen LogP contribution < -0.4 is 5.73 Å². The maximum atomic E-state index is 12.1. The Hall–Kier alpha value is -2.76. The summed E-state index contributed by atoms with van der Waals surface area (Å²) in [7, 11) is 0. The molecule has 3 aliphatic rings. The maximum Gasteiger partial charge on any atom is 0.338 e. The van der Waals surface area contributed by atoms with Crippen LogP contribution in [0.4, 0.5) is 5.69 Å². The number of hydrogen-bond donors (Lipinski definition) is 1. The van der Waals surface area contributed by atoms with Crippen molar-refractivity contribution in [3.8, 4) is 0 Å². The average molecular weight is 313 g/mol. The molecule has 0 bridgehead atoms. The molecule has 1 aromatic rings. The van der Waals surface area contributed by atoms with Crippen molar-refractivity contribution in [1.82, 2.24) is 0 Å². The number of carbonyl (C=O) groups is 2. The van der Waals surface area contributed by atoms with Crippen LogP contribution in [0.25, 0.3) is 0 Å². The van der Waals surface area contributed by atoms with E-state index in [1.807, 2.05) is 18.2 Å². The van der Waals surface area contributed by atoms with Crippen LogP contribution in [0, 0.1) is 5.92 Å². The van der Waals surface area contributed by atoms with Crippen LogP contribution in [0.1, 0.15) is 24.2 Å². The molecule has 0 radical (unpaired) electrons. The zero-order valence-electron chi connectivity index (χ0n) is 12.4. The van der Waals surface area contributed by atoms with Crippen molar-refractivity contribution < 1.29 is 23.8 Å². The van der Waals surface area contributed by atoms with Gasteiger partial charge in [-0.2, -0.15) is 0 Å². The number of nitrogens with two attached hydrogens (primary N) is 1. The third-order valence-electron chi connectivity index (χ3n) is 4.41.